The molecule has 5 heteroatoms. The molecule has 4 aliphatic heterocycles. The van der Waals surface area contributed by atoms with Gasteiger partial charge < -0.3 is 9.80 Å². The molecule has 0 aromatic heterocycles. The van der Waals surface area contributed by atoms with E-state index >= 15 is 0 Å². The second-order valence-electron chi connectivity index (χ2n) is 6.74. The quantitative estimate of drug-likeness (QED) is 0.851. The number of thiol groups is 1. The van der Waals surface area contributed by atoms with Gasteiger partial charge in [-0.1, -0.05) is 6.92 Å². The minimum absolute atomic E-state index is 0.640. The second-order valence-corrected chi connectivity index (χ2v) is 9.59. The van der Waals surface area contributed by atoms with Crippen LogP contribution in [-0.4, -0.2) is 52.6 Å². The van der Waals surface area contributed by atoms with Crippen LogP contribution in [-0.2, 0) is 9.93 Å². The van der Waals surface area contributed by atoms with E-state index in [4.69, 9.17) is 0 Å². The zero-order chi connectivity index (χ0) is 15.3. The summed E-state index contributed by atoms with van der Waals surface area (Å²) in [7, 11) is -2.44. The molecule has 2 bridgehead atoms. The summed E-state index contributed by atoms with van der Waals surface area (Å²) in [5, 5.41) is 0.877. The third-order valence-corrected chi connectivity index (χ3v) is 8.14. The van der Waals surface area contributed by atoms with Gasteiger partial charge in [0.25, 0.3) is 0 Å². The Hall–Kier alpha value is -1.20. The van der Waals surface area contributed by atoms with Crippen molar-refractivity contribution in [2.75, 3.05) is 37.3 Å². The van der Waals surface area contributed by atoms with Crippen molar-refractivity contribution < 1.29 is 4.21 Å². The van der Waals surface area contributed by atoms with E-state index < -0.39 is 9.93 Å². The number of hydrogen-bond donors (Lipinski definition) is 1. The molecule has 0 amide bonds. The first-order valence-electron chi connectivity index (χ1n) is 8.39. The van der Waals surface area contributed by atoms with Crippen molar-refractivity contribution in [3.8, 4) is 0 Å². The predicted octanol–water partition coefficient (Wildman–Crippen LogP) is 2.43. The molecule has 4 aliphatic rings. The van der Waals surface area contributed by atoms with Gasteiger partial charge in [-0.15, -0.1) is 0 Å². The van der Waals surface area contributed by atoms with Gasteiger partial charge in [0.05, 0.1) is 10.7 Å². The minimum atomic E-state index is -2.44. The van der Waals surface area contributed by atoms with Gasteiger partial charge in [0, 0.05) is 42.8 Å². The maximum Gasteiger partial charge on any atom is 0.0844 e. The first kappa shape index (κ1) is 14.4. The van der Waals surface area contributed by atoms with Crippen molar-refractivity contribution in [1.82, 2.24) is 4.90 Å². The molecule has 3 saturated heterocycles. The molecule has 0 radical (unpaired) electrons. The molecule has 5 rings (SSSR count). The topological polar surface area (TPSA) is 35.9 Å². The molecule has 0 saturated carbocycles. The van der Waals surface area contributed by atoms with Crippen molar-refractivity contribution in [3.05, 3.63) is 18.2 Å². The van der Waals surface area contributed by atoms with Gasteiger partial charge in [0.1, 0.15) is 0 Å². The summed E-state index contributed by atoms with van der Waals surface area (Å²) >= 11 is 0. The van der Waals surface area contributed by atoms with Crippen LogP contribution < -0.4 is 4.90 Å². The lowest BCUT2D eigenvalue weighted by Gasteiger charge is -2.33. The molecule has 1 aromatic rings. The van der Waals surface area contributed by atoms with Crippen LogP contribution >= 0.6 is 0 Å². The van der Waals surface area contributed by atoms with Crippen molar-refractivity contribution in [2.24, 2.45) is 4.99 Å². The van der Waals surface area contributed by atoms with E-state index in [-0.39, 0.29) is 0 Å². The SMILES string of the molecule is CCC1=Nc2ccc(N3CCN4CCC3CC4)cc2[SH]1(C)=O. The van der Waals surface area contributed by atoms with Crippen LogP contribution in [0, 0.1) is 0 Å². The summed E-state index contributed by atoms with van der Waals surface area (Å²) in [6.07, 6.45) is 5.15. The van der Waals surface area contributed by atoms with Crippen molar-refractivity contribution >= 4 is 26.4 Å². The van der Waals surface area contributed by atoms with E-state index in [1.165, 1.54) is 31.6 Å². The number of piperidine rings is 1. The monoisotopic (exact) mass is 319 g/mol. The lowest BCUT2D eigenvalue weighted by atomic mass is 10.0. The van der Waals surface area contributed by atoms with Gasteiger partial charge in [0.2, 0.25) is 0 Å². The Morgan fingerprint density at radius 3 is 2.73 bits per heavy atom. The highest BCUT2D eigenvalue weighted by Crippen LogP contribution is 2.40. The smallest absolute Gasteiger partial charge is 0.0844 e. The number of anilines is 1. The molecule has 0 N–H and O–H groups in total. The Bertz CT molecular complexity index is 676. The number of benzene rings is 1. The number of hydrogen-bond acceptors (Lipinski definition) is 4. The number of nitrogens with zero attached hydrogens (tertiary/aromatic N) is 3. The lowest BCUT2D eigenvalue weighted by Crippen LogP contribution is -2.38. The zero-order valence-electron chi connectivity index (χ0n) is 13.5. The van der Waals surface area contributed by atoms with E-state index in [1.807, 2.05) is 13.2 Å². The third-order valence-electron chi connectivity index (χ3n) is 5.46. The second kappa shape index (κ2) is 5.17. The summed E-state index contributed by atoms with van der Waals surface area (Å²) in [6.45, 7) is 6.72. The molecule has 4 heterocycles. The maximum atomic E-state index is 13.1. The standard InChI is InChI=1S/C17H25N3OS/c1-3-17-18-15-5-4-14(12-16(15)22(17,2)21)20-11-10-19-8-6-13(20)7-9-19/h4-5,12-13,22H,3,6-11H2,1-2H3. The van der Waals surface area contributed by atoms with Crippen LogP contribution in [0.15, 0.2) is 28.1 Å². The van der Waals surface area contributed by atoms with E-state index in [1.54, 1.807) is 0 Å². The average Bonchev–Trinajstić information content (AvgIpc) is 2.72. The summed E-state index contributed by atoms with van der Waals surface area (Å²) in [4.78, 5) is 10.7. The number of rotatable bonds is 2. The highest BCUT2D eigenvalue weighted by molar-refractivity contribution is 8.16. The number of fused-ring (bicyclic) bond motifs is 5. The molecule has 1 aromatic carbocycles. The van der Waals surface area contributed by atoms with Crippen LogP contribution in [0.3, 0.4) is 0 Å². The van der Waals surface area contributed by atoms with Gasteiger partial charge >= 0.3 is 0 Å². The van der Waals surface area contributed by atoms with Gasteiger partial charge in [-0.05, 0) is 53.7 Å². The van der Waals surface area contributed by atoms with Crippen molar-refractivity contribution in [3.63, 3.8) is 0 Å². The maximum absolute atomic E-state index is 13.1. The molecular weight excluding hydrogens is 294 g/mol. The van der Waals surface area contributed by atoms with E-state index in [0.29, 0.717) is 6.04 Å². The molecule has 0 aliphatic carbocycles. The summed E-state index contributed by atoms with van der Waals surface area (Å²) < 4.78 is 13.1. The Kier molecular flexibility index (Phi) is 3.38. The predicted molar refractivity (Wildman–Crippen MR) is 94.4 cm³/mol. The van der Waals surface area contributed by atoms with Crippen LogP contribution in [0.25, 0.3) is 0 Å². The molecule has 0 spiro atoms. The third kappa shape index (κ3) is 2.14. The fourth-order valence-corrected chi connectivity index (χ4v) is 6.23. The fraction of sp³-hybridized carbons (Fsp3) is 0.588. The molecule has 0 unspecified atom stereocenters. The van der Waals surface area contributed by atoms with Gasteiger partial charge in [-0.2, -0.15) is 0 Å². The van der Waals surface area contributed by atoms with Crippen LogP contribution in [0.5, 0.6) is 0 Å². The Morgan fingerprint density at radius 1 is 1.23 bits per heavy atom. The molecule has 120 valence electrons. The van der Waals surface area contributed by atoms with E-state index in [9.17, 15) is 4.21 Å². The Labute approximate surface area is 133 Å². The minimum Gasteiger partial charge on any atom is -0.367 e. The first-order chi connectivity index (χ1) is 10.6. The Balaban J connectivity index is 1.71. The zero-order valence-corrected chi connectivity index (χ0v) is 14.4. The van der Waals surface area contributed by atoms with E-state index in [2.05, 4.69) is 33.0 Å². The van der Waals surface area contributed by atoms with Crippen LogP contribution in [0.2, 0.25) is 0 Å². The molecule has 3 fully saturated rings. The molecule has 4 nitrogen and oxygen atoms in total. The van der Waals surface area contributed by atoms with Crippen molar-refractivity contribution in [1.29, 1.82) is 0 Å². The highest BCUT2D eigenvalue weighted by Gasteiger charge is 2.32. The van der Waals surface area contributed by atoms with Crippen molar-refractivity contribution in [2.45, 2.75) is 37.1 Å². The lowest BCUT2D eigenvalue weighted by molar-refractivity contribution is 0.250. The molecule has 0 atom stereocenters. The van der Waals surface area contributed by atoms with Gasteiger partial charge in [-0.25, -0.2) is 4.99 Å². The highest BCUT2D eigenvalue weighted by atomic mass is 32.2. The molecular formula is C17H25N3OS. The molecule has 22 heavy (non-hydrogen) atoms. The van der Waals surface area contributed by atoms with Gasteiger partial charge in [-0.3, -0.25) is 4.21 Å². The first-order valence-corrected chi connectivity index (χ1v) is 10.5. The summed E-state index contributed by atoms with van der Waals surface area (Å²) in [5.41, 5.74) is 2.16. The largest absolute Gasteiger partial charge is 0.367 e. The van der Waals surface area contributed by atoms with E-state index in [0.717, 1.165) is 35.1 Å². The van der Waals surface area contributed by atoms with Gasteiger partial charge in [0.15, 0.2) is 0 Å². The van der Waals surface area contributed by atoms with Crippen LogP contribution in [0.4, 0.5) is 11.4 Å². The summed E-state index contributed by atoms with van der Waals surface area (Å²) in [6, 6.07) is 7.05. The fourth-order valence-electron chi connectivity index (χ4n) is 4.11. The average molecular weight is 319 g/mol. The normalized spacial score (nSPS) is 30.6. The number of aliphatic imine (C=N–C) groups is 1. The van der Waals surface area contributed by atoms with Crippen LogP contribution in [0.1, 0.15) is 26.2 Å². The Morgan fingerprint density at radius 2 is 2.00 bits per heavy atom. The summed E-state index contributed by atoms with van der Waals surface area (Å²) in [5.74, 6) is 0.